The van der Waals surface area contributed by atoms with Crippen LogP contribution in [0.25, 0.3) is 0 Å². The van der Waals surface area contributed by atoms with E-state index < -0.39 is 0 Å². The quantitative estimate of drug-likeness (QED) is 0.720. The number of rotatable bonds is 5. The Morgan fingerprint density at radius 3 is 2.64 bits per heavy atom. The van der Waals surface area contributed by atoms with Crippen molar-refractivity contribution < 1.29 is 0 Å². The first kappa shape index (κ1) is 11.5. The third-order valence-electron chi connectivity index (χ3n) is 2.79. The predicted molar refractivity (Wildman–Crippen MR) is 58.0 cm³/mol. The standard InChI is InChI=1S/C11H21N3/c1-2-13-11(10-12)6-9-14-7-4-3-5-8-14/h11,13H,2-9H2,1H3. The van der Waals surface area contributed by atoms with E-state index in [1.165, 1.54) is 32.4 Å². The van der Waals surface area contributed by atoms with Crippen molar-refractivity contribution in [2.75, 3.05) is 26.2 Å². The van der Waals surface area contributed by atoms with E-state index in [1.807, 2.05) is 6.92 Å². The molecule has 0 spiro atoms. The SMILES string of the molecule is CCNC(C#N)CCN1CCCCC1. The lowest BCUT2D eigenvalue weighted by Gasteiger charge is -2.27. The largest absolute Gasteiger partial charge is 0.303 e. The maximum Gasteiger partial charge on any atom is 0.0965 e. The van der Waals surface area contributed by atoms with Crippen LogP contribution in [-0.2, 0) is 0 Å². The Hall–Kier alpha value is -0.590. The smallest absolute Gasteiger partial charge is 0.0965 e. The van der Waals surface area contributed by atoms with Gasteiger partial charge < -0.3 is 10.2 Å². The highest BCUT2D eigenvalue weighted by Gasteiger charge is 2.12. The van der Waals surface area contributed by atoms with Crippen molar-refractivity contribution in [3.05, 3.63) is 0 Å². The average Bonchev–Trinajstić information content (AvgIpc) is 2.25. The van der Waals surface area contributed by atoms with Crippen LogP contribution in [0.15, 0.2) is 0 Å². The summed E-state index contributed by atoms with van der Waals surface area (Å²) in [5.74, 6) is 0. The van der Waals surface area contributed by atoms with Gasteiger partial charge in [-0.05, 0) is 38.9 Å². The van der Waals surface area contributed by atoms with E-state index in [-0.39, 0.29) is 6.04 Å². The lowest BCUT2D eigenvalue weighted by molar-refractivity contribution is 0.222. The molecule has 0 aromatic rings. The lowest BCUT2D eigenvalue weighted by atomic mass is 10.1. The molecule has 0 bridgehead atoms. The third-order valence-corrected chi connectivity index (χ3v) is 2.79. The minimum atomic E-state index is 0.0435. The van der Waals surface area contributed by atoms with E-state index >= 15 is 0 Å². The second-order valence-corrected chi connectivity index (χ2v) is 3.93. The Morgan fingerprint density at radius 2 is 2.07 bits per heavy atom. The van der Waals surface area contributed by atoms with Crippen LogP contribution in [0.1, 0.15) is 32.6 Å². The van der Waals surface area contributed by atoms with Crippen molar-refractivity contribution in [3.8, 4) is 6.07 Å². The zero-order chi connectivity index (χ0) is 10.2. The maximum atomic E-state index is 8.86. The number of likely N-dealkylation sites (tertiary alicyclic amines) is 1. The summed E-state index contributed by atoms with van der Waals surface area (Å²) in [6.45, 7) is 6.46. The van der Waals surface area contributed by atoms with Gasteiger partial charge >= 0.3 is 0 Å². The van der Waals surface area contributed by atoms with Gasteiger partial charge in [0, 0.05) is 6.54 Å². The van der Waals surface area contributed by atoms with Crippen molar-refractivity contribution in [2.45, 2.75) is 38.6 Å². The molecule has 0 aromatic heterocycles. The molecule has 1 heterocycles. The number of hydrogen-bond acceptors (Lipinski definition) is 3. The fourth-order valence-electron chi connectivity index (χ4n) is 1.95. The van der Waals surface area contributed by atoms with Crippen LogP contribution in [0.2, 0.25) is 0 Å². The molecule has 0 amide bonds. The summed E-state index contributed by atoms with van der Waals surface area (Å²) in [6, 6.07) is 2.35. The molecule has 1 atom stereocenters. The first-order valence-electron chi connectivity index (χ1n) is 5.72. The predicted octanol–water partition coefficient (Wildman–Crippen LogP) is 1.36. The van der Waals surface area contributed by atoms with Crippen molar-refractivity contribution >= 4 is 0 Å². The van der Waals surface area contributed by atoms with E-state index in [9.17, 15) is 0 Å². The molecule has 1 rings (SSSR count). The van der Waals surface area contributed by atoms with Crippen molar-refractivity contribution in [2.24, 2.45) is 0 Å². The number of hydrogen-bond donors (Lipinski definition) is 1. The Labute approximate surface area is 87.1 Å². The molecule has 14 heavy (non-hydrogen) atoms. The van der Waals surface area contributed by atoms with Gasteiger partial charge in [0.1, 0.15) is 0 Å². The van der Waals surface area contributed by atoms with Gasteiger partial charge in [-0.2, -0.15) is 5.26 Å². The molecule has 1 saturated heterocycles. The maximum absolute atomic E-state index is 8.86. The normalized spacial score (nSPS) is 20.3. The summed E-state index contributed by atoms with van der Waals surface area (Å²) in [7, 11) is 0. The van der Waals surface area contributed by atoms with E-state index in [1.54, 1.807) is 0 Å². The van der Waals surface area contributed by atoms with Gasteiger partial charge in [0.05, 0.1) is 12.1 Å². The van der Waals surface area contributed by atoms with Crippen LogP contribution in [0.5, 0.6) is 0 Å². The van der Waals surface area contributed by atoms with E-state index in [2.05, 4.69) is 16.3 Å². The lowest BCUT2D eigenvalue weighted by Crippen LogP contribution is -2.35. The van der Waals surface area contributed by atoms with Crippen LogP contribution in [0, 0.1) is 11.3 Å². The molecule has 1 unspecified atom stereocenters. The molecule has 0 aromatic carbocycles. The Bertz CT molecular complexity index is 179. The molecule has 3 nitrogen and oxygen atoms in total. The summed E-state index contributed by atoms with van der Waals surface area (Å²) < 4.78 is 0. The third kappa shape index (κ3) is 4.08. The van der Waals surface area contributed by atoms with Crippen molar-refractivity contribution in [3.63, 3.8) is 0 Å². The zero-order valence-corrected chi connectivity index (χ0v) is 9.13. The minimum Gasteiger partial charge on any atom is -0.303 e. The molecule has 1 fully saturated rings. The highest BCUT2D eigenvalue weighted by Crippen LogP contribution is 2.09. The van der Waals surface area contributed by atoms with Gasteiger partial charge in [-0.25, -0.2) is 0 Å². The van der Waals surface area contributed by atoms with Crippen molar-refractivity contribution in [1.82, 2.24) is 10.2 Å². The minimum absolute atomic E-state index is 0.0435. The van der Waals surface area contributed by atoms with Crippen LogP contribution in [-0.4, -0.2) is 37.1 Å². The molecule has 1 aliphatic rings. The summed E-state index contributed by atoms with van der Waals surface area (Å²) in [6.07, 6.45) is 5.01. The molecule has 3 heteroatoms. The first-order chi connectivity index (χ1) is 6.86. The van der Waals surface area contributed by atoms with Crippen LogP contribution in [0.4, 0.5) is 0 Å². The first-order valence-corrected chi connectivity index (χ1v) is 5.72. The molecule has 0 radical (unpaired) electrons. The van der Waals surface area contributed by atoms with E-state index in [0.29, 0.717) is 0 Å². The molecular weight excluding hydrogens is 174 g/mol. The van der Waals surface area contributed by atoms with E-state index in [4.69, 9.17) is 5.26 Å². The van der Waals surface area contributed by atoms with Gasteiger partial charge in [0.25, 0.3) is 0 Å². The number of nitrogens with zero attached hydrogens (tertiary/aromatic N) is 2. The summed E-state index contributed by atoms with van der Waals surface area (Å²) in [4.78, 5) is 2.48. The van der Waals surface area contributed by atoms with E-state index in [0.717, 1.165) is 19.5 Å². The number of nitriles is 1. The Morgan fingerprint density at radius 1 is 1.36 bits per heavy atom. The van der Waals surface area contributed by atoms with Gasteiger partial charge in [-0.3, -0.25) is 0 Å². The van der Waals surface area contributed by atoms with Gasteiger partial charge in [-0.1, -0.05) is 13.3 Å². The Kier molecular flexibility index (Phi) is 5.58. The molecule has 0 aliphatic carbocycles. The molecule has 1 N–H and O–H groups in total. The monoisotopic (exact) mass is 195 g/mol. The summed E-state index contributed by atoms with van der Waals surface area (Å²) in [5.41, 5.74) is 0. The number of nitrogens with one attached hydrogen (secondary N) is 1. The number of piperidine rings is 1. The van der Waals surface area contributed by atoms with Gasteiger partial charge in [0.2, 0.25) is 0 Å². The second-order valence-electron chi connectivity index (χ2n) is 3.93. The second kappa shape index (κ2) is 6.80. The van der Waals surface area contributed by atoms with Gasteiger partial charge in [-0.15, -0.1) is 0 Å². The fourth-order valence-corrected chi connectivity index (χ4v) is 1.95. The fraction of sp³-hybridized carbons (Fsp3) is 0.909. The van der Waals surface area contributed by atoms with Crippen molar-refractivity contribution in [1.29, 1.82) is 5.26 Å². The highest BCUT2D eigenvalue weighted by atomic mass is 15.1. The van der Waals surface area contributed by atoms with Crippen LogP contribution >= 0.6 is 0 Å². The summed E-state index contributed by atoms with van der Waals surface area (Å²) >= 11 is 0. The zero-order valence-electron chi connectivity index (χ0n) is 9.13. The molecule has 1 aliphatic heterocycles. The molecule has 80 valence electrons. The topological polar surface area (TPSA) is 39.1 Å². The molecule has 0 saturated carbocycles. The summed E-state index contributed by atoms with van der Waals surface area (Å²) in [5, 5.41) is 12.0. The Balaban J connectivity index is 2.14. The van der Waals surface area contributed by atoms with Gasteiger partial charge in [0.15, 0.2) is 0 Å². The van der Waals surface area contributed by atoms with Crippen LogP contribution < -0.4 is 5.32 Å². The van der Waals surface area contributed by atoms with Crippen LogP contribution in [0.3, 0.4) is 0 Å². The average molecular weight is 195 g/mol. The highest BCUT2D eigenvalue weighted by molar-refractivity contribution is 4.89. The molecular formula is C11H21N3.